The van der Waals surface area contributed by atoms with E-state index < -0.39 is 29.9 Å². The number of rotatable bonds is 7. The molecule has 3 N–H and O–H groups in total. The van der Waals surface area contributed by atoms with Crippen molar-refractivity contribution in [2.45, 2.75) is 31.2 Å². The Morgan fingerprint density at radius 2 is 1.71 bits per heavy atom. The Morgan fingerprint density at radius 1 is 1.10 bits per heavy atom. The molecule has 2 aromatic carbocycles. The van der Waals surface area contributed by atoms with E-state index in [1.165, 1.54) is 13.2 Å². The number of hydrogen-bond donors (Lipinski definition) is 3. The van der Waals surface area contributed by atoms with Crippen molar-refractivity contribution >= 4 is 17.3 Å². The molecule has 3 rings (SSSR count). The summed E-state index contributed by atoms with van der Waals surface area (Å²) in [6.45, 7) is 2.00. The Kier molecular flexibility index (Phi) is 6.35. The van der Waals surface area contributed by atoms with Gasteiger partial charge in [-0.1, -0.05) is 30.3 Å². The smallest absolute Gasteiger partial charge is 0.379 e. The van der Waals surface area contributed by atoms with Crippen molar-refractivity contribution < 1.29 is 23.1 Å². The van der Waals surface area contributed by atoms with E-state index in [4.69, 9.17) is 0 Å². The Bertz CT molecular complexity index is 1020. The van der Waals surface area contributed by atoms with E-state index in [2.05, 4.69) is 15.6 Å². The van der Waals surface area contributed by atoms with E-state index in [-0.39, 0.29) is 6.04 Å². The highest BCUT2D eigenvalue weighted by molar-refractivity contribution is 5.91. The van der Waals surface area contributed by atoms with Gasteiger partial charge >= 0.3 is 6.18 Å². The summed E-state index contributed by atoms with van der Waals surface area (Å²) in [5.41, 5.74) is -1.20. The summed E-state index contributed by atoms with van der Waals surface area (Å²) < 4.78 is 41.7. The zero-order valence-electron chi connectivity index (χ0n) is 17.0. The van der Waals surface area contributed by atoms with Crippen LogP contribution in [0.15, 0.2) is 67.0 Å². The summed E-state index contributed by atoms with van der Waals surface area (Å²) in [6, 6.07) is 16.4. The molecule has 9 heteroatoms. The Balaban J connectivity index is 1.67. The number of carbonyl (C=O) groups excluding carboxylic acids is 1. The molecule has 0 aliphatic rings. The number of alkyl halides is 3. The summed E-state index contributed by atoms with van der Waals surface area (Å²) in [5, 5.41) is 16.0. The lowest BCUT2D eigenvalue weighted by Crippen LogP contribution is -2.46. The SMILES string of the molecule is CC(Nc1ccc(NC(=O)CC(O)(c2nccn2C)C(F)(F)F)cc1)c1ccccc1. The Hall–Kier alpha value is -3.33. The molecule has 3 aromatic rings. The number of aromatic nitrogens is 2. The van der Waals surface area contributed by atoms with E-state index in [1.54, 1.807) is 24.3 Å². The molecule has 6 nitrogen and oxygen atoms in total. The van der Waals surface area contributed by atoms with Crippen molar-refractivity contribution in [2.24, 2.45) is 7.05 Å². The number of carbonyl (C=O) groups is 1. The minimum absolute atomic E-state index is 0.0428. The molecule has 0 aliphatic carbocycles. The Morgan fingerprint density at radius 3 is 2.26 bits per heavy atom. The summed E-state index contributed by atoms with van der Waals surface area (Å²) in [6.07, 6.45) is -3.89. The minimum Gasteiger partial charge on any atom is -0.379 e. The van der Waals surface area contributed by atoms with E-state index in [9.17, 15) is 23.1 Å². The zero-order valence-corrected chi connectivity index (χ0v) is 17.0. The third-order valence-electron chi connectivity index (χ3n) is 4.93. The van der Waals surface area contributed by atoms with Crippen LogP contribution in [0.4, 0.5) is 24.5 Å². The molecule has 1 heterocycles. The Labute approximate surface area is 177 Å². The predicted octanol–water partition coefficient (Wildman–Crippen LogP) is 4.37. The molecule has 0 bridgehead atoms. The maximum absolute atomic E-state index is 13.6. The van der Waals surface area contributed by atoms with Crippen molar-refractivity contribution in [3.63, 3.8) is 0 Å². The normalized spacial score (nSPS) is 14.5. The first-order chi connectivity index (χ1) is 14.6. The lowest BCUT2D eigenvalue weighted by atomic mass is 9.97. The fraction of sp³-hybridized carbons (Fsp3) is 0.273. The van der Waals surface area contributed by atoms with Gasteiger partial charge in [-0.15, -0.1) is 0 Å². The number of amides is 1. The second kappa shape index (κ2) is 8.81. The molecular weight excluding hydrogens is 409 g/mol. The maximum atomic E-state index is 13.6. The van der Waals surface area contributed by atoms with Crippen molar-refractivity contribution in [1.29, 1.82) is 0 Å². The largest absolute Gasteiger partial charge is 0.425 e. The molecule has 0 fully saturated rings. The van der Waals surface area contributed by atoms with Gasteiger partial charge < -0.3 is 20.3 Å². The third kappa shape index (κ3) is 5.05. The summed E-state index contributed by atoms with van der Waals surface area (Å²) in [4.78, 5) is 15.9. The number of anilines is 2. The van der Waals surface area contributed by atoms with Gasteiger partial charge in [0.05, 0.1) is 6.42 Å². The van der Waals surface area contributed by atoms with E-state index in [0.717, 1.165) is 22.0 Å². The molecule has 2 unspecified atom stereocenters. The van der Waals surface area contributed by atoms with Crippen LogP contribution >= 0.6 is 0 Å². The average molecular weight is 432 g/mol. The van der Waals surface area contributed by atoms with Gasteiger partial charge in [0.15, 0.2) is 5.82 Å². The maximum Gasteiger partial charge on any atom is 0.425 e. The number of hydrogen-bond acceptors (Lipinski definition) is 4. The zero-order chi connectivity index (χ0) is 22.6. The number of nitrogens with zero attached hydrogens (tertiary/aromatic N) is 2. The van der Waals surface area contributed by atoms with Crippen LogP contribution in [-0.2, 0) is 17.4 Å². The van der Waals surface area contributed by atoms with Gasteiger partial charge in [-0.3, -0.25) is 4.79 Å². The molecule has 0 saturated heterocycles. The van der Waals surface area contributed by atoms with Crippen LogP contribution in [0.3, 0.4) is 0 Å². The van der Waals surface area contributed by atoms with E-state index in [0.29, 0.717) is 5.69 Å². The fourth-order valence-corrected chi connectivity index (χ4v) is 3.23. The molecule has 0 saturated carbocycles. The highest BCUT2D eigenvalue weighted by atomic mass is 19.4. The van der Waals surface area contributed by atoms with Crippen LogP contribution in [-0.4, -0.2) is 26.7 Å². The highest BCUT2D eigenvalue weighted by Crippen LogP contribution is 2.40. The molecule has 0 radical (unpaired) electrons. The number of nitrogens with one attached hydrogen (secondary N) is 2. The summed E-state index contributed by atoms with van der Waals surface area (Å²) >= 11 is 0. The van der Waals surface area contributed by atoms with Crippen LogP contribution in [0.2, 0.25) is 0 Å². The van der Waals surface area contributed by atoms with E-state index in [1.807, 2.05) is 37.3 Å². The fourth-order valence-electron chi connectivity index (χ4n) is 3.23. The monoisotopic (exact) mass is 432 g/mol. The molecule has 31 heavy (non-hydrogen) atoms. The van der Waals surface area contributed by atoms with Crippen LogP contribution in [0.1, 0.15) is 30.8 Å². The number of imidazole rings is 1. The van der Waals surface area contributed by atoms with Crippen molar-refractivity contribution in [1.82, 2.24) is 9.55 Å². The highest BCUT2D eigenvalue weighted by Gasteiger charge is 2.58. The van der Waals surface area contributed by atoms with E-state index >= 15 is 0 Å². The second-order valence-corrected chi connectivity index (χ2v) is 7.30. The molecule has 0 aliphatic heterocycles. The van der Waals surface area contributed by atoms with Crippen LogP contribution in [0, 0.1) is 0 Å². The van der Waals surface area contributed by atoms with Gasteiger partial charge in [0.2, 0.25) is 11.5 Å². The molecule has 1 amide bonds. The van der Waals surface area contributed by atoms with Gasteiger partial charge in [-0.25, -0.2) is 4.98 Å². The van der Waals surface area contributed by atoms with Gasteiger partial charge in [-0.05, 0) is 36.8 Å². The van der Waals surface area contributed by atoms with Gasteiger partial charge in [0.25, 0.3) is 0 Å². The van der Waals surface area contributed by atoms with Gasteiger partial charge in [0.1, 0.15) is 0 Å². The standard InChI is InChI=1S/C22H23F3N4O2/c1-15(16-6-4-3-5-7-16)27-17-8-10-18(11-9-17)28-19(30)14-21(31,22(23,24)25)20-26-12-13-29(20)2/h3-13,15,27,31H,14H2,1-2H3,(H,28,30). The van der Waals surface area contributed by atoms with Gasteiger partial charge in [0, 0.05) is 36.9 Å². The van der Waals surface area contributed by atoms with Gasteiger partial charge in [-0.2, -0.15) is 13.2 Å². The van der Waals surface area contributed by atoms with Crippen molar-refractivity contribution in [2.75, 3.05) is 10.6 Å². The van der Waals surface area contributed by atoms with Crippen LogP contribution in [0.25, 0.3) is 0 Å². The molecule has 2 atom stereocenters. The predicted molar refractivity (Wildman–Crippen MR) is 111 cm³/mol. The second-order valence-electron chi connectivity index (χ2n) is 7.30. The molecule has 0 spiro atoms. The third-order valence-corrected chi connectivity index (χ3v) is 4.93. The average Bonchev–Trinajstić information content (AvgIpc) is 3.15. The number of halogens is 3. The van der Waals surface area contributed by atoms with Crippen molar-refractivity contribution in [3.8, 4) is 0 Å². The molecular formula is C22H23F3N4O2. The first-order valence-electron chi connectivity index (χ1n) is 9.58. The van der Waals surface area contributed by atoms with Crippen molar-refractivity contribution in [3.05, 3.63) is 78.4 Å². The van der Waals surface area contributed by atoms with Crippen LogP contribution in [0.5, 0.6) is 0 Å². The number of aryl methyl sites for hydroxylation is 1. The molecule has 164 valence electrons. The quantitative estimate of drug-likeness (QED) is 0.518. The molecule has 1 aromatic heterocycles. The first-order valence-corrected chi connectivity index (χ1v) is 9.58. The number of aliphatic hydroxyl groups is 1. The summed E-state index contributed by atoms with van der Waals surface area (Å²) in [7, 11) is 1.32. The van der Waals surface area contributed by atoms with Crippen LogP contribution < -0.4 is 10.6 Å². The lowest BCUT2D eigenvalue weighted by Gasteiger charge is -2.29. The topological polar surface area (TPSA) is 79.2 Å². The minimum atomic E-state index is -5.08. The lowest BCUT2D eigenvalue weighted by molar-refractivity contribution is -0.270. The number of benzene rings is 2. The first kappa shape index (κ1) is 22.4. The summed E-state index contributed by atoms with van der Waals surface area (Å²) in [5.74, 6) is -1.63.